The number of anilines is 1. The zero-order valence-electron chi connectivity index (χ0n) is 18.2. The van der Waals surface area contributed by atoms with E-state index in [1.807, 2.05) is 48.5 Å². The number of aliphatic hydroxyl groups excluding tert-OH is 1. The molecule has 1 unspecified atom stereocenters. The molecule has 1 saturated heterocycles. The monoisotopic (exact) mass is 488 g/mol. The number of ether oxygens (including phenoxy) is 1. The van der Waals surface area contributed by atoms with Crippen molar-refractivity contribution in [3.8, 4) is 0 Å². The van der Waals surface area contributed by atoms with Gasteiger partial charge in [0.05, 0.1) is 12.7 Å². The van der Waals surface area contributed by atoms with Crippen molar-refractivity contribution in [1.82, 2.24) is 4.90 Å². The molecule has 174 valence electrons. The van der Waals surface area contributed by atoms with Gasteiger partial charge in [-0.25, -0.2) is 4.39 Å². The summed E-state index contributed by atoms with van der Waals surface area (Å²) in [7, 11) is 0. The lowest BCUT2D eigenvalue weighted by molar-refractivity contribution is -0.00893. The number of hydrogen-bond donors (Lipinski definition) is 1. The Kier molecular flexibility index (Phi) is 8.23. The lowest BCUT2D eigenvalue weighted by atomic mass is 10.0. The van der Waals surface area contributed by atoms with E-state index < -0.39 is 6.10 Å². The van der Waals surface area contributed by atoms with Gasteiger partial charge in [-0.3, -0.25) is 4.90 Å². The summed E-state index contributed by atoms with van der Waals surface area (Å²) in [4.78, 5) is 4.46. The Balaban J connectivity index is 1.32. The lowest BCUT2D eigenvalue weighted by Crippen LogP contribution is -2.49. The fourth-order valence-electron chi connectivity index (χ4n) is 4.06. The first kappa shape index (κ1) is 24.0. The second-order valence-electron chi connectivity index (χ2n) is 8.23. The molecular formula is C26H27Cl2FN2O2. The number of β-amino-alcohol motifs (C(OH)–C–C–N with tert-alkyl or cyclic N) is 1. The smallest absolute Gasteiger partial charge is 0.123 e. The maximum Gasteiger partial charge on any atom is 0.123 e. The van der Waals surface area contributed by atoms with Crippen LogP contribution in [-0.4, -0.2) is 55.4 Å². The van der Waals surface area contributed by atoms with E-state index in [4.69, 9.17) is 27.9 Å². The second-order valence-corrected chi connectivity index (χ2v) is 9.11. The molecule has 1 aliphatic heterocycles. The summed E-state index contributed by atoms with van der Waals surface area (Å²) in [6.45, 7) is 4.05. The maximum atomic E-state index is 13.2. The van der Waals surface area contributed by atoms with E-state index >= 15 is 0 Å². The van der Waals surface area contributed by atoms with Crippen molar-refractivity contribution >= 4 is 28.9 Å². The van der Waals surface area contributed by atoms with Crippen LogP contribution in [0, 0.1) is 5.82 Å². The molecule has 1 aliphatic rings. The van der Waals surface area contributed by atoms with Crippen molar-refractivity contribution in [2.24, 2.45) is 0 Å². The Morgan fingerprint density at radius 1 is 0.788 bits per heavy atom. The van der Waals surface area contributed by atoms with Crippen molar-refractivity contribution in [2.75, 3.05) is 44.2 Å². The highest BCUT2D eigenvalue weighted by molar-refractivity contribution is 6.30. The van der Waals surface area contributed by atoms with Crippen LogP contribution in [0.4, 0.5) is 10.1 Å². The van der Waals surface area contributed by atoms with Crippen LogP contribution < -0.4 is 4.90 Å². The highest BCUT2D eigenvalue weighted by atomic mass is 35.5. The number of piperazine rings is 1. The second kappa shape index (κ2) is 11.3. The molecule has 1 N–H and O–H groups in total. The van der Waals surface area contributed by atoms with Gasteiger partial charge in [-0.2, -0.15) is 0 Å². The number of nitrogens with zero attached hydrogens (tertiary/aromatic N) is 2. The largest absolute Gasteiger partial charge is 0.389 e. The first-order valence-corrected chi connectivity index (χ1v) is 11.8. The van der Waals surface area contributed by atoms with E-state index in [1.54, 1.807) is 12.1 Å². The van der Waals surface area contributed by atoms with Crippen LogP contribution in [0.1, 0.15) is 17.2 Å². The minimum Gasteiger partial charge on any atom is -0.389 e. The van der Waals surface area contributed by atoms with E-state index in [0.29, 0.717) is 16.6 Å². The topological polar surface area (TPSA) is 35.9 Å². The summed E-state index contributed by atoms with van der Waals surface area (Å²) >= 11 is 12.1. The highest BCUT2D eigenvalue weighted by Gasteiger charge is 2.22. The van der Waals surface area contributed by atoms with Gasteiger partial charge in [-0.15, -0.1) is 0 Å². The molecule has 4 nitrogen and oxygen atoms in total. The molecule has 3 aromatic rings. The van der Waals surface area contributed by atoms with Gasteiger partial charge in [0, 0.05) is 48.5 Å². The molecule has 7 heteroatoms. The molecule has 0 spiro atoms. The predicted octanol–water partition coefficient (Wildman–Crippen LogP) is 5.42. The molecule has 4 rings (SSSR count). The van der Waals surface area contributed by atoms with Gasteiger partial charge in [0.15, 0.2) is 0 Å². The fourth-order valence-corrected chi connectivity index (χ4v) is 4.31. The number of aliphatic hydroxyl groups is 1. The van der Waals surface area contributed by atoms with Crippen LogP contribution in [-0.2, 0) is 4.74 Å². The molecule has 0 radical (unpaired) electrons. The van der Waals surface area contributed by atoms with Gasteiger partial charge >= 0.3 is 0 Å². The molecule has 1 fully saturated rings. The van der Waals surface area contributed by atoms with E-state index in [9.17, 15) is 9.50 Å². The first-order chi connectivity index (χ1) is 16.0. The predicted molar refractivity (Wildman–Crippen MR) is 132 cm³/mol. The average molecular weight is 489 g/mol. The van der Waals surface area contributed by atoms with Crippen molar-refractivity contribution < 1.29 is 14.2 Å². The van der Waals surface area contributed by atoms with Crippen LogP contribution >= 0.6 is 23.2 Å². The van der Waals surface area contributed by atoms with Gasteiger partial charge in [0.2, 0.25) is 0 Å². The van der Waals surface area contributed by atoms with Crippen LogP contribution in [0.3, 0.4) is 0 Å². The molecule has 0 saturated carbocycles. The van der Waals surface area contributed by atoms with Crippen molar-refractivity contribution in [3.63, 3.8) is 0 Å². The summed E-state index contributed by atoms with van der Waals surface area (Å²) in [5, 5.41) is 12.0. The van der Waals surface area contributed by atoms with Gasteiger partial charge in [-0.05, 0) is 59.7 Å². The third-order valence-electron chi connectivity index (χ3n) is 5.83. The first-order valence-electron chi connectivity index (χ1n) is 11.0. The number of hydrogen-bond acceptors (Lipinski definition) is 4. The van der Waals surface area contributed by atoms with Crippen LogP contribution in [0.25, 0.3) is 0 Å². The molecule has 1 heterocycles. The van der Waals surface area contributed by atoms with Crippen molar-refractivity contribution in [1.29, 1.82) is 0 Å². The van der Waals surface area contributed by atoms with E-state index in [-0.39, 0.29) is 18.5 Å². The Morgan fingerprint density at radius 3 is 1.82 bits per heavy atom. The minimum atomic E-state index is -0.621. The van der Waals surface area contributed by atoms with Crippen LogP contribution in [0.2, 0.25) is 10.0 Å². The molecule has 33 heavy (non-hydrogen) atoms. The van der Waals surface area contributed by atoms with Gasteiger partial charge < -0.3 is 14.7 Å². The Labute approximate surface area is 204 Å². The van der Waals surface area contributed by atoms with Crippen molar-refractivity contribution in [3.05, 3.63) is 99.8 Å². The third-order valence-corrected chi connectivity index (χ3v) is 6.34. The van der Waals surface area contributed by atoms with Crippen molar-refractivity contribution in [2.45, 2.75) is 12.2 Å². The average Bonchev–Trinajstić information content (AvgIpc) is 2.82. The number of halogens is 3. The van der Waals surface area contributed by atoms with Gasteiger partial charge in [0.25, 0.3) is 0 Å². The van der Waals surface area contributed by atoms with E-state index in [0.717, 1.165) is 43.0 Å². The lowest BCUT2D eigenvalue weighted by Gasteiger charge is -2.37. The van der Waals surface area contributed by atoms with Crippen LogP contribution in [0.15, 0.2) is 72.8 Å². The van der Waals surface area contributed by atoms with Gasteiger partial charge in [0.1, 0.15) is 11.9 Å². The minimum absolute atomic E-state index is 0.202. The summed E-state index contributed by atoms with van der Waals surface area (Å²) in [5.74, 6) is -0.226. The van der Waals surface area contributed by atoms with Gasteiger partial charge in [-0.1, -0.05) is 47.5 Å². The zero-order chi connectivity index (χ0) is 23.2. The molecule has 1 atom stereocenters. The summed E-state index contributed by atoms with van der Waals surface area (Å²) in [6, 6.07) is 21.7. The normalized spacial score (nSPS) is 15.7. The Hall–Kier alpha value is -2.15. The number of rotatable bonds is 8. The number of benzene rings is 3. The highest BCUT2D eigenvalue weighted by Crippen LogP contribution is 2.28. The van der Waals surface area contributed by atoms with E-state index in [2.05, 4.69) is 9.80 Å². The SMILES string of the molecule is OC(COC(c1ccc(Cl)cc1)c1ccc(Cl)cc1)CN1CCN(c2ccc(F)cc2)CC1. The molecular weight excluding hydrogens is 462 g/mol. The quantitative estimate of drug-likeness (QED) is 0.459. The molecule has 0 aromatic heterocycles. The Bertz CT molecular complexity index is 962. The molecule has 0 amide bonds. The molecule has 0 bridgehead atoms. The third kappa shape index (κ3) is 6.69. The zero-order valence-corrected chi connectivity index (χ0v) is 19.7. The Morgan fingerprint density at radius 2 is 1.30 bits per heavy atom. The molecule has 0 aliphatic carbocycles. The summed E-state index contributed by atoms with van der Waals surface area (Å²) < 4.78 is 19.4. The standard InChI is InChI=1S/C26H27Cl2FN2O2/c27-21-5-1-19(2-6-21)26(20-3-7-22(28)8-4-20)33-18-25(32)17-30-13-15-31(16-14-30)24-11-9-23(29)10-12-24/h1-12,25-26,32H,13-18H2. The van der Waals surface area contributed by atoms with Crippen LogP contribution in [0.5, 0.6) is 0 Å². The molecule has 3 aromatic carbocycles. The summed E-state index contributed by atoms with van der Waals surface area (Å²) in [5.41, 5.74) is 2.94. The van der Waals surface area contributed by atoms with E-state index in [1.165, 1.54) is 12.1 Å². The fraction of sp³-hybridized carbons (Fsp3) is 0.308. The summed E-state index contributed by atoms with van der Waals surface area (Å²) in [6.07, 6.45) is -0.950. The maximum absolute atomic E-state index is 13.2.